The van der Waals surface area contributed by atoms with Crippen molar-refractivity contribution in [1.82, 2.24) is 9.55 Å². The summed E-state index contributed by atoms with van der Waals surface area (Å²) in [4.78, 5) is 15.7. The van der Waals surface area contributed by atoms with Gasteiger partial charge < -0.3 is 19.7 Å². The zero-order valence-corrected chi connectivity index (χ0v) is 17.7. The monoisotopic (exact) mass is 418 g/mol. The average Bonchev–Trinajstić information content (AvgIpc) is 3.09. The van der Waals surface area contributed by atoms with E-state index in [2.05, 4.69) is 29.8 Å². The number of imidazole rings is 1. The normalized spacial score (nSPS) is 20.9. The summed E-state index contributed by atoms with van der Waals surface area (Å²) < 4.78 is 7.61. The number of carboxylic acids is 1. The highest BCUT2D eigenvalue weighted by Gasteiger charge is 2.28. The van der Waals surface area contributed by atoms with E-state index in [0.29, 0.717) is 29.2 Å². The topological polar surface area (TPSA) is 100 Å². The van der Waals surface area contributed by atoms with Crippen LogP contribution >= 0.6 is 0 Å². The zero-order valence-electron chi connectivity index (χ0n) is 17.7. The maximum absolute atomic E-state index is 10.8. The molecule has 0 aliphatic heterocycles. The SMILES string of the molecule is CC1CC(C)CC(n2c(Nc3ccc(C#N)cc3)nc3cc(OCC(=O)O)ccc32)C1. The van der Waals surface area contributed by atoms with Gasteiger partial charge >= 0.3 is 5.97 Å². The molecule has 1 aliphatic rings. The minimum atomic E-state index is -1.01. The lowest BCUT2D eigenvalue weighted by atomic mass is 9.80. The maximum atomic E-state index is 10.8. The molecule has 7 heteroatoms. The number of fused-ring (bicyclic) bond motifs is 1. The molecule has 0 saturated heterocycles. The van der Waals surface area contributed by atoms with Crippen LogP contribution in [0.4, 0.5) is 11.6 Å². The lowest BCUT2D eigenvalue weighted by Gasteiger charge is -2.33. The lowest BCUT2D eigenvalue weighted by molar-refractivity contribution is -0.139. The Morgan fingerprint density at radius 2 is 1.90 bits per heavy atom. The van der Waals surface area contributed by atoms with Crippen LogP contribution in [0.25, 0.3) is 11.0 Å². The molecule has 0 radical (unpaired) electrons. The van der Waals surface area contributed by atoms with Gasteiger partial charge in [0, 0.05) is 17.8 Å². The quantitative estimate of drug-likeness (QED) is 0.577. The van der Waals surface area contributed by atoms with Gasteiger partial charge in [0.05, 0.1) is 22.7 Å². The number of nitrogens with zero attached hydrogens (tertiary/aromatic N) is 3. The number of aromatic nitrogens is 2. The fourth-order valence-corrected chi connectivity index (χ4v) is 4.64. The van der Waals surface area contributed by atoms with Gasteiger partial charge in [0.2, 0.25) is 5.95 Å². The number of ether oxygens (including phenoxy) is 1. The number of carboxylic acid groups (broad SMARTS) is 1. The van der Waals surface area contributed by atoms with E-state index in [0.717, 1.165) is 35.5 Å². The molecule has 160 valence electrons. The maximum Gasteiger partial charge on any atom is 0.341 e. The first kappa shape index (κ1) is 20.7. The number of anilines is 2. The summed E-state index contributed by atoms with van der Waals surface area (Å²) in [6.45, 7) is 4.21. The van der Waals surface area contributed by atoms with Gasteiger partial charge in [-0.2, -0.15) is 5.26 Å². The van der Waals surface area contributed by atoms with E-state index < -0.39 is 5.97 Å². The van der Waals surface area contributed by atoms with E-state index >= 15 is 0 Å². The Morgan fingerprint density at radius 1 is 1.19 bits per heavy atom. The van der Waals surface area contributed by atoms with Crippen LogP contribution < -0.4 is 10.1 Å². The van der Waals surface area contributed by atoms with Crippen molar-refractivity contribution in [1.29, 1.82) is 5.26 Å². The third-order valence-electron chi connectivity index (χ3n) is 5.81. The summed E-state index contributed by atoms with van der Waals surface area (Å²) in [5.41, 5.74) is 3.21. The summed E-state index contributed by atoms with van der Waals surface area (Å²) in [7, 11) is 0. The zero-order chi connectivity index (χ0) is 22.0. The minimum Gasteiger partial charge on any atom is -0.482 e. The molecule has 1 heterocycles. The van der Waals surface area contributed by atoms with Gasteiger partial charge in [-0.15, -0.1) is 0 Å². The van der Waals surface area contributed by atoms with Gasteiger partial charge in [-0.1, -0.05) is 13.8 Å². The number of aliphatic carboxylic acids is 1. The van der Waals surface area contributed by atoms with E-state index in [4.69, 9.17) is 20.1 Å². The number of nitriles is 1. The molecule has 1 aliphatic carbocycles. The van der Waals surface area contributed by atoms with Crippen LogP contribution in [-0.2, 0) is 4.79 Å². The Morgan fingerprint density at radius 3 is 2.55 bits per heavy atom. The molecule has 31 heavy (non-hydrogen) atoms. The van der Waals surface area contributed by atoms with Crippen LogP contribution in [0.2, 0.25) is 0 Å². The van der Waals surface area contributed by atoms with E-state index in [1.54, 1.807) is 24.3 Å². The van der Waals surface area contributed by atoms with Gasteiger partial charge in [-0.3, -0.25) is 0 Å². The van der Waals surface area contributed by atoms with Crippen molar-refractivity contribution in [2.45, 2.75) is 39.2 Å². The van der Waals surface area contributed by atoms with Crippen molar-refractivity contribution in [3.05, 3.63) is 48.0 Å². The second-order valence-corrected chi connectivity index (χ2v) is 8.52. The molecule has 1 fully saturated rings. The molecule has 7 nitrogen and oxygen atoms in total. The second kappa shape index (κ2) is 8.68. The molecule has 2 atom stereocenters. The first-order chi connectivity index (χ1) is 14.9. The van der Waals surface area contributed by atoms with Gasteiger partial charge in [0.25, 0.3) is 0 Å². The minimum absolute atomic E-state index is 0.315. The number of carbonyl (C=O) groups is 1. The Bertz CT molecular complexity index is 1120. The Labute approximate surface area is 181 Å². The van der Waals surface area contributed by atoms with Gasteiger partial charge in [0.1, 0.15) is 5.75 Å². The van der Waals surface area contributed by atoms with Crippen LogP contribution in [0, 0.1) is 23.2 Å². The summed E-state index contributed by atoms with van der Waals surface area (Å²) in [6.07, 6.45) is 3.39. The third-order valence-corrected chi connectivity index (χ3v) is 5.81. The molecular formula is C24H26N4O3. The number of rotatable bonds is 6. The highest BCUT2D eigenvalue weighted by atomic mass is 16.5. The molecule has 1 aromatic heterocycles. The molecule has 2 aromatic carbocycles. The Kier molecular flexibility index (Phi) is 5.81. The predicted octanol–water partition coefficient (Wildman–Crippen LogP) is 5.11. The van der Waals surface area contributed by atoms with Gasteiger partial charge in [0.15, 0.2) is 6.61 Å². The summed E-state index contributed by atoms with van der Waals surface area (Å²) in [5.74, 6) is 1.47. The van der Waals surface area contributed by atoms with Crippen molar-refractivity contribution in [3.63, 3.8) is 0 Å². The molecule has 3 aromatic rings. The number of nitrogens with one attached hydrogen (secondary N) is 1. The molecular weight excluding hydrogens is 392 g/mol. The van der Waals surface area contributed by atoms with Crippen LogP contribution in [0.15, 0.2) is 42.5 Å². The third kappa shape index (κ3) is 4.64. The van der Waals surface area contributed by atoms with E-state index in [-0.39, 0.29) is 6.61 Å². The van der Waals surface area contributed by atoms with E-state index in [9.17, 15) is 4.79 Å². The largest absolute Gasteiger partial charge is 0.482 e. The smallest absolute Gasteiger partial charge is 0.341 e. The Hall–Kier alpha value is -3.53. The molecule has 2 unspecified atom stereocenters. The first-order valence-corrected chi connectivity index (χ1v) is 10.6. The number of hydrogen-bond acceptors (Lipinski definition) is 5. The molecule has 0 spiro atoms. The van der Waals surface area contributed by atoms with E-state index in [1.807, 2.05) is 18.2 Å². The fraction of sp³-hybridized carbons (Fsp3) is 0.375. The van der Waals surface area contributed by atoms with Crippen molar-refractivity contribution in [2.24, 2.45) is 11.8 Å². The number of benzene rings is 2. The summed E-state index contributed by atoms with van der Waals surface area (Å²) in [5, 5.41) is 21.3. The second-order valence-electron chi connectivity index (χ2n) is 8.52. The fourth-order valence-electron chi connectivity index (χ4n) is 4.64. The van der Waals surface area contributed by atoms with E-state index in [1.165, 1.54) is 6.42 Å². The molecule has 2 N–H and O–H groups in total. The first-order valence-electron chi connectivity index (χ1n) is 10.6. The van der Waals surface area contributed by atoms with Crippen LogP contribution in [0.1, 0.15) is 44.7 Å². The van der Waals surface area contributed by atoms with Crippen LogP contribution in [-0.4, -0.2) is 27.2 Å². The Balaban J connectivity index is 1.73. The van der Waals surface area contributed by atoms with Crippen molar-refractivity contribution < 1.29 is 14.6 Å². The average molecular weight is 418 g/mol. The van der Waals surface area contributed by atoms with Gasteiger partial charge in [-0.05, 0) is 67.5 Å². The number of hydrogen-bond donors (Lipinski definition) is 2. The van der Waals surface area contributed by atoms with Crippen LogP contribution in [0.5, 0.6) is 5.75 Å². The molecule has 0 bridgehead atoms. The highest BCUT2D eigenvalue weighted by molar-refractivity contribution is 5.81. The van der Waals surface area contributed by atoms with Gasteiger partial charge in [-0.25, -0.2) is 9.78 Å². The molecule has 1 saturated carbocycles. The highest BCUT2D eigenvalue weighted by Crippen LogP contribution is 2.40. The molecule has 4 rings (SSSR count). The standard InChI is InChI=1S/C24H26N4O3/c1-15-9-16(2)11-19(10-15)28-22-8-7-20(31-14-23(29)30)12-21(22)27-24(28)26-18-5-3-17(13-25)4-6-18/h3-8,12,15-16,19H,9-11,14H2,1-2H3,(H,26,27)(H,29,30). The summed E-state index contributed by atoms with van der Waals surface area (Å²) >= 11 is 0. The predicted molar refractivity (Wildman–Crippen MR) is 119 cm³/mol. The van der Waals surface area contributed by atoms with Crippen molar-refractivity contribution >= 4 is 28.6 Å². The molecule has 0 amide bonds. The summed E-state index contributed by atoms with van der Waals surface area (Å²) in [6, 6.07) is 15.3. The van der Waals surface area contributed by atoms with Crippen molar-refractivity contribution in [3.8, 4) is 11.8 Å². The van der Waals surface area contributed by atoms with Crippen molar-refractivity contribution in [2.75, 3.05) is 11.9 Å². The lowest BCUT2D eigenvalue weighted by Crippen LogP contribution is -2.23. The van der Waals surface area contributed by atoms with Crippen LogP contribution in [0.3, 0.4) is 0 Å².